The Morgan fingerprint density at radius 1 is 1.15 bits per heavy atom. The van der Waals surface area contributed by atoms with Crippen molar-refractivity contribution < 1.29 is 13.7 Å². The van der Waals surface area contributed by atoms with Crippen LogP contribution in [0.25, 0.3) is 11.6 Å². The molecule has 1 aromatic carbocycles. The predicted molar refractivity (Wildman–Crippen MR) is 97.9 cm³/mol. The van der Waals surface area contributed by atoms with Gasteiger partial charge in [-0.3, -0.25) is 4.79 Å². The third kappa shape index (κ3) is 3.73. The normalized spacial score (nSPS) is 10.8. The number of carbonyl (C=O) groups is 1. The molecule has 0 saturated heterocycles. The van der Waals surface area contributed by atoms with Crippen LogP contribution in [-0.4, -0.2) is 16.0 Å². The summed E-state index contributed by atoms with van der Waals surface area (Å²) in [6.45, 7) is 0. The highest BCUT2D eigenvalue weighted by Crippen LogP contribution is 2.21. The molecule has 0 saturated carbocycles. The van der Waals surface area contributed by atoms with E-state index in [1.807, 2.05) is 41.1 Å². The van der Waals surface area contributed by atoms with Crippen LogP contribution in [-0.2, 0) is 17.6 Å². The van der Waals surface area contributed by atoms with Crippen molar-refractivity contribution in [2.45, 2.75) is 12.8 Å². The van der Waals surface area contributed by atoms with Gasteiger partial charge in [0.05, 0.1) is 19.1 Å². The molecule has 4 aromatic rings. The highest BCUT2D eigenvalue weighted by molar-refractivity contribution is 7.08. The van der Waals surface area contributed by atoms with Gasteiger partial charge in [-0.1, -0.05) is 23.4 Å². The average molecular weight is 365 g/mol. The topological polar surface area (TPSA) is 81.2 Å². The molecule has 130 valence electrons. The first-order valence-corrected chi connectivity index (χ1v) is 8.97. The molecule has 3 heterocycles. The van der Waals surface area contributed by atoms with Crippen molar-refractivity contribution in [2.75, 3.05) is 5.32 Å². The summed E-state index contributed by atoms with van der Waals surface area (Å²) in [7, 11) is 0. The lowest BCUT2D eigenvalue weighted by atomic mass is 10.1. The molecule has 0 bridgehead atoms. The molecule has 0 spiro atoms. The molecular formula is C19H15N3O3S. The second-order valence-electron chi connectivity index (χ2n) is 5.68. The molecule has 1 amide bonds. The van der Waals surface area contributed by atoms with Gasteiger partial charge >= 0.3 is 0 Å². The zero-order valence-corrected chi connectivity index (χ0v) is 14.5. The summed E-state index contributed by atoms with van der Waals surface area (Å²) in [4.78, 5) is 16.6. The first-order chi connectivity index (χ1) is 12.8. The van der Waals surface area contributed by atoms with Gasteiger partial charge in [0.25, 0.3) is 0 Å². The maximum atomic E-state index is 12.3. The number of hydrogen-bond acceptors (Lipinski definition) is 6. The van der Waals surface area contributed by atoms with Crippen LogP contribution in [0.4, 0.5) is 5.69 Å². The fourth-order valence-electron chi connectivity index (χ4n) is 2.56. The Morgan fingerprint density at radius 2 is 2.08 bits per heavy atom. The standard InChI is InChI=1S/C19H15N3O3S/c23-17(10-13-7-9-26-12-13)20-15-5-2-1-4-14(15)11-18-21-19(22-25-18)16-6-3-8-24-16/h1-9,12H,10-11H2,(H,20,23). The Labute approximate surface area is 153 Å². The second-order valence-corrected chi connectivity index (χ2v) is 6.46. The monoisotopic (exact) mass is 365 g/mol. The van der Waals surface area contributed by atoms with Gasteiger partial charge in [-0.25, -0.2) is 0 Å². The number of rotatable bonds is 6. The summed E-state index contributed by atoms with van der Waals surface area (Å²) in [5.41, 5.74) is 2.65. The highest BCUT2D eigenvalue weighted by atomic mass is 32.1. The lowest BCUT2D eigenvalue weighted by Crippen LogP contribution is -2.15. The lowest BCUT2D eigenvalue weighted by molar-refractivity contribution is -0.115. The number of benzene rings is 1. The van der Waals surface area contributed by atoms with E-state index in [-0.39, 0.29) is 5.91 Å². The Morgan fingerprint density at radius 3 is 2.88 bits per heavy atom. The van der Waals surface area contributed by atoms with E-state index in [1.165, 1.54) is 0 Å². The second kappa shape index (κ2) is 7.37. The van der Waals surface area contributed by atoms with Crippen molar-refractivity contribution in [1.82, 2.24) is 10.1 Å². The minimum Gasteiger partial charge on any atom is -0.461 e. The molecule has 0 radical (unpaired) electrons. The summed E-state index contributed by atoms with van der Waals surface area (Å²) in [6, 6.07) is 13.1. The number of anilines is 1. The molecule has 0 unspecified atom stereocenters. The fraction of sp³-hybridized carbons (Fsp3) is 0.105. The minimum atomic E-state index is -0.0577. The summed E-state index contributed by atoms with van der Waals surface area (Å²) < 4.78 is 10.6. The smallest absolute Gasteiger partial charge is 0.238 e. The van der Waals surface area contributed by atoms with E-state index in [2.05, 4.69) is 15.5 Å². The van der Waals surface area contributed by atoms with Gasteiger partial charge in [-0.05, 0) is 46.2 Å². The van der Waals surface area contributed by atoms with E-state index in [1.54, 1.807) is 29.7 Å². The number of hydrogen-bond donors (Lipinski definition) is 1. The molecule has 3 aromatic heterocycles. The van der Waals surface area contributed by atoms with Gasteiger partial charge in [0.15, 0.2) is 5.76 Å². The number of nitrogens with zero attached hydrogens (tertiary/aromatic N) is 2. The quantitative estimate of drug-likeness (QED) is 0.555. The van der Waals surface area contributed by atoms with E-state index in [0.29, 0.717) is 30.3 Å². The van der Waals surface area contributed by atoms with Crippen LogP contribution in [0.5, 0.6) is 0 Å². The number of carbonyl (C=O) groups excluding carboxylic acids is 1. The zero-order chi connectivity index (χ0) is 17.8. The largest absolute Gasteiger partial charge is 0.461 e. The zero-order valence-electron chi connectivity index (χ0n) is 13.7. The van der Waals surface area contributed by atoms with Crippen molar-refractivity contribution >= 4 is 22.9 Å². The van der Waals surface area contributed by atoms with E-state index in [9.17, 15) is 4.79 Å². The maximum absolute atomic E-state index is 12.3. The van der Waals surface area contributed by atoms with Crippen molar-refractivity contribution in [2.24, 2.45) is 0 Å². The Bertz CT molecular complexity index is 991. The highest BCUT2D eigenvalue weighted by Gasteiger charge is 2.14. The van der Waals surface area contributed by atoms with Crippen LogP contribution in [0.15, 0.2) is 68.4 Å². The first-order valence-electron chi connectivity index (χ1n) is 8.03. The molecule has 0 aliphatic heterocycles. The maximum Gasteiger partial charge on any atom is 0.238 e. The first kappa shape index (κ1) is 16.3. The van der Waals surface area contributed by atoms with E-state index >= 15 is 0 Å². The third-order valence-corrected chi connectivity index (χ3v) is 4.52. The Balaban J connectivity index is 1.48. The van der Waals surface area contributed by atoms with Gasteiger partial charge in [0.1, 0.15) is 0 Å². The summed E-state index contributed by atoms with van der Waals surface area (Å²) in [5.74, 6) is 1.36. The molecule has 26 heavy (non-hydrogen) atoms. The van der Waals surface area contributed by atoms with Gasteiger partial charge in [-0.2, -0.15) is 16.3 Å². The van der Waals surface area contributed by atoms with Crippen molar-refractivity contribution in [3.8, 4) is 11.6 Å². The SMILES string of the molecule is O=C(Cc1ccsc1)Nc1ccccc1Cc1nc(-c2ccco2)no1. The van der Waals surface area contributed by atoms with E-state index < -0.39 is 0 Å². The van der Waals surface area contributed by atoms with E-state index in [0.717, 1.165) is 16.8 Å². The number of aromatic nitrogens is 2. The van der Waals surface area contributed by atoms with Crippen LogP contribution in [0.3, 0.4) is 0 Å². The van der Waals surface area contributed by atoms with Gasteiger partial charge in [0.2, 0.25) is 17.6 Å². The van der Waals surface area contributed by atoms with Gasteiger partial charge in [0, 0.05) is 5.69 Å². The lowest BCUT2D eigenvalue weighted by Gasteiger charge is -2.09. The average Bonchev–Trinajstić information content (AvgIpc) is 3.38. The van der Waals surface area contributed by atoms with Crippen LogP contribution in [0, 0.1) is 0 Å². The third-order valence-electron chi connectivity index (χ3n) is 3.79. The number of thiophene rings is 1. The van der Waals surface area contributed by atoms with Crippen LogP contribution in [0.1, 0.15) is 17.0 Å². The predicted octanol–water partition coefficient (Wildman–Crippen LogP) is 4.16. The molecule has 0 atom stereocenters. The van der Waals surface area contributed by atoms with Crippen LogP contribution in [0.2, 0.25) is 0 Å². The van der Waals surface area contributed by atoms with Crippen LogP contribution < -0.4 is 5.32 Å². The Kier molecular flexibility index (Phi) is 4.61. The number of amides is 1. The van der Waals surface area contributed by atoms with Gasteiger partial charge in [-0.15, -0.1) is 0 Å². The molecule has 6 nitrogen and oxygen atoms in total. The van der Waals surface area contributed by atoms with Crippen molar-refractivity contribution in [3.63, 3.8) is 0 Å². The van der Waals surface area contributed by atoms with E-state index in [4.69, 9.17) is 8.94 Å². The molecule has 1 N–H and O–H groups in total. The minimum absolute atomic E-state index is 0.0577. The summed E-state index contributed by atoms with van der Waals surface area (Å²) in [6.07, 6.45) is 2.33. The van der Waals surface area contributed by atoms with Crippen molar-refractivity contribution in [1.29, 1.82) is 0 Å². The molecule has 0 fully saturated rings. The molecule has 4 rings (SSSR count). The molecule has 0 aliphatic carbocycles. The van der Waals surface area contributed by atoms with Gasteiger partial charge < -0.3 is 14.3 Å². The molecular weight excluding hydrogens is 350 g/mol. The Hall–Kier alpha value is -3.19. The molecule has 7 heteroatoms. The number of furan rings is 1. The summed E-state index contributed by atoms with van der Waals surface area (Å²) >= 11 is 1.58. The molecule has 0 aliphatic rings. The number of nitrogens with one attached hydrogen (secondary N) is 1. The van der Waals surface area contributed by atoms with Crippen LogP contribution >= 0.6 is 11.3 Å². The van der Waals surface area contributed by atoms with Crippen molar-refractivity contribution in [3.05, 3.63) is 76.5 Å². The number of para-hydroxylation sites is 1. The summed E-state index contributed by atoms with van der Waals surface area (Å²) in [5, 5.41) is 10.8. The fourth-order valence-corrected chi connectivity index (χ4v) is 3.23.